The van der Waals surface area contributed by atoms with E-state index in [0.29, 0.717) is 65.6 Å². The number of hydrogen-bond acceptors (Lipinski definition) is 9. The highest BCUT2D eigenvalue weighted by atomic mass is 32.1. The summed E-state index contributed by atoms with van der Waals surface area (Å²) >= 11 is 1.43. The molecular weight excluding hydrogens is 683 g/mol. The number of nitrogens with zero attached hydrogens (tertiary/aromatic N) is 6. The molecule has 1 saturated heterocycles. The number of rotatable bonds is 7. The number of amides is 1. The van der Waals surface area contributed by atoms with Crippen LogP contribution in [0.5, 0.6) is 0 Å². The number of alkyl halides is 3. The first-order valence-electron chi connectivity index (χ1n) is 16.8. The van der Waals surface area contributed by atoms with Gasteiger partial charge in [0, 0.05) is 36.3 Å². The van der Waals surface area contributed by atoms with Gasteiger partial charge >= 0.3 is 6.18 Å². The van der Waals surface area contributed by atoms with Crippen LogP contribution in [0.25, 0.3) is 32.0 Å². The van der Waals surface area contributed by atoms with Gasteiger partial charge in [-0.25, -0.2) is 9.37 Å². The van der Waals surface area contributed by atoms with E-state index in [1.807, 2.05) is 17.0 Å². The lowest BCUT2D eigenvalue weighted by Crippen LogP contribution is -2.22. The van der Waals surface area contributed by atoms with Gasteiger partial charge in [0.2, 0.25) is 11.8 Å². The van der Waals surface area contributed by atoms with Gasteiger partial charge in [-0.2, -0.15) is 13.2 Å². The van der Waals surface area contributed by atoms with Crippen LogP contribution in [0.1, 0.15) is 81.4 Å². The summed E-state index contributed by atoms with van der Waals surface area (Å²) in [6.45, 7) is 2.34. The van der Waals surface area contributed by atoms with Gasteiger partial charge in [-0.05, 0) is 85.4 Å². The first kappa shape index (κ1) is 31.7. The van der Waals surface area contributed by atoms with Gasteiger partial charge in [-0.1, -0.05) is 12.1 Å². The van der Waals surface area contributed by atoms with E-state index in [4.69, 9.17) is 9.40 Å². The van der Waals surface area contributed by atoms with Gasteiger partial charge in [0.25, 0.3) is 5.91 Å². The van der Waals surface area contributed by atoms with Gasteiger partial charge in [-0.3, -0.25) is 14.8 Å². The molecule has 5 aromatic heterocycles. The van der Waals surface area contributed by atoms with E-state index in [0.717, 1.165) is 45.1 Å². The molecule has 7 heterocycles. The second-order valence-corrected chi connectivity index (χ2v) is 14.2. The van der Waals surface area contributed by atoms with E-state index in [1.54, 1.807) is 25.3 Å². The fourth-order valence-corrected chi connectivity index (χ4v) is 8.94. The van der Waals surface area contributed by atoms with E-state index in [2.05, 4.69) is 25.5 Å². The maximum atomic E-state index is 14.2. The number of aryl methyl sites for hydroxylation is 3. The van der Waals surface area contributed by atoms with Gasteiger partial charge in [0.05, 0.1) is 50.6 Å². The monoisotopic (exact) mass is 711 g/mol. The van der Waals surface area contributed by atoms with Gasteiger partial charge in [0.1, 0.15) is 11.6 Å². The third kappa shape index (κ3) is 5.34. The summed E-state index contributed by atoms with van der Waals surface area (Å²) in [7, 11) is 0. The molecule has 1 amide bonds. The van der Waals surface area contributed by atoms with Crippen LogP contribution in [0, 0.1) is 12.7 Å². The number of carbonyl (C=O) groups is 1. The van der Waals surface area contributed by atoms with E-state index in [1.165, 1.54) is 29.7 Å². The molecule has 14 heteroatoms. The molecule has 9 rings (SSSR count). The third-order valence-electron chi connectivity index (χ3n) is 10.0. The van der Waals surface area contributed by atoms with Crippen molar-refractivity contribution in [3.63, 3.8) is 0 Å². The number of benzene rings is 1. The van der Waals surface area contributed by atoms with Crippen LogP contribution in [0.15, 0.2) is 59.3 Å². The Morgan fingerprint density at radius 2 is 1.80 bits per heavy atom. The summed E-state index contributed by atoms with van der Waals surface area (Å²) < 4.78 is 61.9. The molecule has 3 aliphatic rings. The first-order chi connectivity index (χ1) is 24.6. The zero-order valence-corrected chi connectivity index (χ0v) is 28.0. The second-order valence-electron chi connectivity index (χ2n) is 13.1. The van der Waals surface area contributed by atoms with E-state index < -0.39 is 17.8 Å². The molecule has 51 heavy (non-hydrogen) atoms. The van der Waals surface area contributed by atoms with Crippen LogP contribution in [0.4, 0.5) is 23.4 Å². The molecule has 2 aliphatic heterocycles. The maximum Gasteiger partial charge on any atom is 0.416 e. The Bertz CT molecular complexity index is 2350. The van der Waals surface area contributed by atoms with Gasteiger partial charge < -0.3 is 14.6 Å². The minimum absolute atomic E-state index is 0.0967. The number of hydrogen-bond donors (Lipinski definition) is 1. The summed E-state index contributed by atoms with van der Waals surface area (Å²) in [6, 6.07) is 10.7. The maximum absolute atomic E-state index is 14.2. The highest BCUT2D eigenvalue weighted by Crippen LogP contribution is 2.51. The van der Waals surface area contributed by atoms with Crippen molar-refractivity contribution in [1.29, 1.82) is 0 Å². The molecule has 9 nitrogen and oxygen atoms in total. The van der Waals surface area contributed by atoms with Crippen molar-refractivity contribution in [2.24, 2.45) is 0 Å². The van der Waals surface area contributed by atoms with Crippen LogP contribution in [-0.4, -0.2) is 42.5 Å². The normalized spacial score (nSPS) is 18.1. The Morgan fingerprint density at radius 3 is 2.59 bits per heavy atom. The van der Waals surface area contributed by atoms with Crippen molar-refractivity contribution >= 4 is 33.1 Å². The molecular formula is C37H29F4N7O2S. The number of halogens is 4. The third-order valence-corrected chi connectivity index (χ3v) is 11.2. The molecule has 0 spiro atoms. The Labute approximate surface area is 292 Å². The Hall–Kier alpha value is -5.24. The molecule has 258 valence electrons. The summed E-state index contributed by atoms with van der Waals surface area (Å²) in [5.41, 5.74) is 4.03. The Morgan fingerprint density at radius 1 is 0.980 bits per heavy atom. The molecule has 1 aromatic carbocycles. The molecule has 1 fully saturated rings. The average Bonchev–Trinajstić information content (AvgIpc) is 3.95. The Kier molecular flexibility index (Phi) is 7.42. The summed E-state index contributed by atoms with van der Waals surface area (Å²) in [4.78, 5) is 31.0. The molecule has 0 bridgehead atoms. The smallest absolute Gasteiger partial charge is 0.416 e. The summed E-state index contributed by atoms with van der Waals surface area (Å²) in [5, 5.41) is 12.8. The van der Waals surface area contributed by atoms with E-state index in [-0.39, 0.29) is 35.6 Å². The average molecular weight is 712 g/mol. The first-order valence-corrected chi connectivity index (χ1v) is 17.6. The van der Waals surface area contributed by atoms with E-state index >= 15 is 0 Å². The molecule has 0 unspecified atom stereocenters. The lowest BCUT2D eigenvalue weighted by molar-refractivity contribution is -0.138. The largest absolute Gasteiger partial charge is 0.421 e. The highest BCUT2D eigenvalue weighted by molar-refractivity contribution is 7.23. The number of anilines is 1. The molecule has 6 aromatic rings. The summed E-state index contributed by atoms with van der Waals surface area (Å²) in [6.07, 6.45) is 1.81. The van der Waals surface area contributed by atoms with Crippen molar-refractivity contribution < 1.29 is 26.8 Å². The standard InChI is InChI=1S/C37H29F4N7O2S/c1-18-46-47-35(50-18)28-24(10-6-19-4-7-21(38)8-5-19)44-32-26-3-2-16-48(26)36(49)30(32)29(28)27-17-20-12-14-43-34(33(20)51-27)45-25-11-9-22-23(37(39,40)41)13-15-42-31(22)25/h4-5,7-8,12-15,17,25-26H,2-3,6,9-11,16H2,1H3,(H,43,45)/t25-,26+/m1/s1. The SMILES string of the molecule is Cc1nnc(-c2c(CCc3ccc(F)cc3)nc3c(c2-c2cc4ccnc(N[C@@H]5CCc6c(C(F)(F)F)ccnc65)c4s2)C(=O)N2CCC[C@@H]32)o1. The molecule has 0 radical (unpaired) electrons. The topological polar surface area (TPSA) is 110 Å². The van der Waals surface area contributed by atoms with Crippen LogP contribution < -0.4 is 5.32 Å². The lowest BCUT2D eigenvalue weighted by Gasteiger charge is -2.16. The van der Waals surface area contributed by atoms with Crippen molar-refractivity contribution in [2.45, 2.75) is 63.7 Å². The van der Waals surface area contributed by atoms with Crippen LogP contribution in [-0.2, 0) is 25.4 Å². The predicted octanol–water partition coefficient (Wildman–Crippen LogP) is 8.44. The van der Waals surface area contributed by atoms with Crippen LogP contribution in [0.3, 0.4) is 0 Å². The fraction of sp³-hybridized carbons (Fsp3) is 0.297. The molecule has 0 saturated carbocycles. The zero-order chi connectivity index (χ0) is 35.0. The number of carbonyl (C=O) groups excluding carboxylic acids is 1. The second kappa shape index (κ2) is 11.9. The molecule has 1 aliphatic carbocycles. The quantitative estimate of drug-likeness (QED) is 0.164. The number of thiophene rings is 1. The Balaban J connectivity index is 1.19. The van der Waals surface area contributed by atoms with Gasteiger partial charge in [0.15, 0.2) is 0 Å². The number of aromatic nitrogens is 5. The zero-order valence-electron chi connectivity index (χ0n) is 27.2. The van der Waals surface area contributed by atoms with Crippen LogP contribution >= 0.6 is 11.3 Å². The highest BCUT2D eigenvalue weighted by Gasteiger charge is 2.45. The van der Waals surface area contributed by atoms with Gasteiger partial charge in [-0.15, -0.1) is 21.5 Å². The van der Waals surface area contributed by atoms with Crippen LogP contribution in [0.2, 0.25) is 0 Å². The minimum atomic E-state index is -4.47. The van der Waals surface area contributed by atoms with E-state index in [9.17, 15) is 22.4 Å². The van der Waals surface area contributed by atoms with Crippen molar-refractivity contribution in [3.05, 3.63) is 106 Å². The van der Waals surface area contributed by atoms with Crippen molar-refractivity contribution in [1.82, 2.24) is 30.0 Å². The number of fused-ring (bicyclic) bond motifs is 5. The predicted molar refractivity (Wildman–Crippen MR) is 182 cm³/mol. The number of pyridine rings is 3. The fourth-order valence-electron chi connectivity index (χ4n) is 7.78. The number of nitrogens with one attached hydrogen (secondary N) is 1. The lowest BCUT2D eigenvalue weighted by atomic mass is 9.93. The molecule has 2 atom stereocenters. The van der Waals surface area contributed by atoms with Crippen molar-refractivity contribution in [3.8, 4) is 21.9 Å². The summed E-state index contributed by atoms with van der Waals surface area (Å²) in [5.74, 6) is 0.714. The minimum Gasteiger partial charge on any atom is -0.421 e. The molecule has 1 N–H and O–H groups in total. The van der Waals surface area contributed by atoms with Crippen molar-refractivity contribution in [2.75, 3.05) is 11.9 Å².